The zero-order valence-electron chi connectivity index (χ0n) is 11.0. The van der Waals surface area contributed by atoms with E-state index in [4.69, 9.17) is 4.52 Å². The van der Waals surface area contributed by atoms with E-state index in [0.29, 0.717) is 25.1 Å². The van der Waals surface area contributed by atoms with E-state index in [1.165, 1.54) is 18.3 Å². The summed E-state index contributed by atoms with van der Waals surface area (Å²) in [6.07, 6.45) is 1.09. The van der Waals surface area contributed by atoms with E-state index in [1.54, 1.807) is 6.92 Å². The maximum absolute atomic E-state index is 12.6. The van der Waals surface area contributed by atoms with Crippen molar-refractivity contribution in [1.29, 1.82) is 0 Å². The van der Waals surface area contributed by atoms with Gasteiger partial charge in [-0.05, 0) is 26.7 Å². The van der Waals surface area contributed by atoms with Crippen LogP contribution in [0.15, 0.2) is 9.42 Å². The van der Waals surface area contributed by atoms with E-state index in [-0.39, 0.29) is 10.7 Å². The van der Waals surface area contributed by atoms with Gasteiger partial charge in [0.1, 0.15) is 16.6 Å². The van der Waals surface area contributed by atoms with Crippen molar-refractivity contribution < 1.29 is 22.5 Å². The number of esters is 1. The van der Waals surface area contributed by atoms with E-state index in [1.807, 2.05) is 0 Å². The van der Waals surface area contributed by atoms with E-state index in [2.05, 4.69) is 9.89 Å². The molecule has 7 nitrogen and oxygen atoms in total. The lowest BCUT2D eigenvalue weighted by atomic mass is 10.2. The Hall–Kier alpha value is -1.41. The number of rotatable bonds is 3. The Morgan fingerprint density at radius 1 is 1.47 bits per heavy atom. The standard InChI is InChI=1S/C11H16N2O5S/c1-7-10(8(2)18-12-7)19(15,16)13-6-4-5-9(13)11(14)17-3/h9H,4-6H2,1-3H3/t9-/m0/s1. The molecule has 1 atom stereocenters. The summed E-state index contributed by atoms with van der Waals surface area (Å²) >= 11 is 0. The first-order valence-electron chi connectivity index (χ1n) is 5.92. The van der Waals surface area contributed by atoms with Gasteiger partial charge in [0, 0.05) is 6.54 Å². The molecular weight excluding hydrogens is 272 g/mol. The van der Waals surface area contributed by atoms with Crippen molar-refractivity contribution in [1.82, 2.24) is 9.46 Å². The highest BCUT2D eigenvalue weighted by atomic mass is 32.2. The highest BCUT2D eigenvalue weighted by Gasteiger charge is 2.42. The summed E-state index contributed by atoms with van der Waals surface area (Å²) in [5.74, 6) is -0.305. The van der Waals surface area contributed by atoms with Crippen LogP contribution in [0.4, 0.5) is 0 Å². The molecule has 106 valence electrons. The van der Waals surface area contributed by atoms with Crippen molar-refractivity contribution in [3.05, 3.63) is 11.5 Å². The second-order valence-corrected chi connectivity index (χ2v) is 6.28. The molecule has 1 aliphatic heterocycles. The van der Waals surface area contributed by atoms with Crippen molar-refractivity contribution in [3.8, 4) is 0 Å². The number of carbonyl (C=O) groups excluding carboxylic acids is 1. The quantitative estimate of drug-likeness (QED) is 0.757. The maximum atomic E-state index is 12.6. The molecule has 2 heterocycles. The molecule has 0 N–H and O–H groups in total. The van der Waals surface area contributed by atoms with Gasteiger partial charge in [-0.2, -0.15) is 4.31 Å². The minimum absolute atomic E-state index is 0.0447. The van der Waals surface area contributed by atoms with Gasteiger partial charge in [-0.1, -0.05) is 5.16 Å². The third kappa shape index (κ3) is 2.25. The van der Waals surface area contributed by atoms with Crippen molar-refractivity contribution in [2.75, 3.05) is 13.7 Å². The molecule has 19 heavy (non-hydrogen) atoms. The predicted molar refractivity (Wildman–Crippen MR) is 64.9 cm³/mol. The summed E-state index contributed by atoms with van der Waals surface area (Å²) in [4.78, 5) is 11.7. The molecule has 1 aliphatic rings. The molecule has 0 amide bonds. The number of aromatic nitrogens is 1. The smallest absolute Gasteiger partial charge is 0.324 e. The molecule has 1 fully saturated rings. The number of methoxy groups -OCH3 is 1. The third-order valence-corrected chi connectivity index (χ3v) is 5.36. The molecule has 2 rings (SSSR count). The number of hydrogen-bond acceptors (Lipinski definition) is 6. The molecular formula is C11H16N2O5S. The van der Waals surface area contributed by atoms with Gasteiger partial charge in [-0.15, -0.1) is 0 Å². The first-order chi connectivity index (χ1) is 8.89. The fourth-order valence-electron chi connectivity index (χ4n) is 2.36. The molecule has 1 aromatic rings. The molecule has 0 bridgehead atoms. The average molecular weight is 288 g/mol. The lowest BCUT2D eigenvalue weighted by molar-refractivity contribution is -0.144. The van der Waals surface area contributed by atoms with E-state index in [9.17, 15) is 13.2 Å². The number of sulfonamides is 1. The van der Waals surface area contributed by atoms with Crippen LogP contribution in [-0.4, -0.2) is 43.5 Å². The lowest BCUT2D eigenvalue weighted by Gasteiger charge is -2.21. The van der Waals surface area contributed by atoms with Gasteiger partial charge in [0.25, 0.3) is 0 Å². The monoisotopic (exact) mass is 288 g/mol. The first-order valence-corrected chi connectivity index (χ1v) is 7.36. The Labute approximate surface area is 111 Å². The van der Waals surface area contributed by atoms with Gasteiger partial charge >= 0.3 is 5.97 Å². The summed E-state index contributed by atoms with van der Waals surface area (Å²) in [5, 5.41) is 3.65. The van der Waals surface area contributed by atoms with Gasteiger partial charge in [-0.3, -0.25) is 4.79 Å². The zero-order valence-corrected chi connectivity index (χ0v) is 11.9. The van der Waals surface area contributed by atoms with Crippen LogP contribution in [0.2, 0.25) is 0 Å². The van der Waals surface area contributed by atoms with Crippen LogP contribution >= 0.6 is 0 Å². The number of nitrogens with zero attached hydrogens (tertiary/aromatic N) is 2. The SMILES string of the molecule is COC(=O)[C@@H]1CCCN1S(=O)(=O)c1c(C)noc1C. The summed E-state index contributed by atoms with van der Waals surface area (Å²) in [7, 11) is -2.53. The highest BCUT2D eigenvalue weighted by molar-refractivity contribution is 7.89. The Kier molecular flexibility index (Phi) is 3.64. The van der Waals surface area contributed by atoms with E-state index < -0.39 is 22.0 Å². The van der Waals surface area contributed by atoms with Crippen LogP contribution in [0, 0.1) is 13.8 Å². The zero-order chi connectivity index (χ0) is 14.2. The molecule has 0 saturated carbocycles. The van der Waals surface area contributed by atoms with Gasteiger partial charge in [0.2, 0.25) is 10.0 Å². The van der Waals surface area contributed by atoms with Crippen LogP contribution < -0.4 is 0 Å². The summed E-state index contributed by atoms with van der Waals surface area (Å²) in [5.41, 5.74) is 0.299. The maximum Gasteiger partial charge on any atom is 0.324 e. The molecule has 0 aliphatic carbocycles. The van der Waals surface area contributed by atoms with Crippen LogP contribution in [0.5, 0.6) is 0 Å². The van der Waals surface area contributed by atoms with Crippen LogP contribution in [0.25, 0.3) is 0 Å². The minimum Gasteiger partial charge on any atom is -0.468 e. The normalized spacial score (nSPS) is 20.7. The number of aryl methyl sites for hydroxylation is 2. The fraction of sp³-hybridized carbons (Fsp3) is 0.636. The highest BCUT2D eigenvalue weighted by Crippen LogP contribution is 2.30. The second kappa shape index (κ2) is 4.93. The molecule has 0 unspecified atom stereocenters. The Morgan fingerprint density at radius 3 is 2.68 bits per heavy atom. The van der Waals surface area contributed by atoms with Gasteiger partial charge < -0.3 is 9.26 Å². The molecule has 0 spiro atoms. The first kappa shape index (κ1) is 14.0. The topological polar surface area (TPSA) is 89.7 Å². The van der Waals surface area contributed by atoms with Crippen molar-refractivity contribution in [2.45, 2.75) is 37.6 Å². The van der Waals surface area contributed by atoms with Crippen molar-refractivity contribution >= 4 is 16.0 Å². The minimum atomic E-state index is -3.78. The lowest BCUT2D eigenvalue weighted by Crippen LogP contribution is -2.41. The molecule has 1 aromatic heterocycles. The van der Waals surface area contributed by atoms with Crippen LogP contribution in [-0.2, 0) is 19.6 Å². The summed E-state index contributed by atoms with van der Waals surface area (Å²) in [6, 6.07) is -0.760. The van der Waals surface area contributed by atoms with E-state index >= 15 is 0 Å². The average Bonchev–Trinajstić information content (AvgIpc) is 2.95. The molecule has 0 aromatic carbocycles. The Balaban J connectivity index is 2.43. The van der Waals surface area contributed by atoms with Gasteiger partial charge in [0.05, 0.1) is 7.11 Å². The largest absolute Gasteiger partial charge is 0.468 e. The molecule has 1 saturated heterocycles. The number of carbonyl (C=O) groups is 1. The van der Waals surface area contributed by atoms with Crippen molar-refractivity contribution in [3.63, 3.8) is 0 Å². The van der Waals surface area contributed by atoms with Crippen LogP contribution in [0.3, 0.4) is 0 Å². The molecule has 8 heteroatoms. The fourth-order valence-corrected chi connectivity index (χ4v) is 4.30. The number of hydrogen-bond donors (Lipinski definition) is 0. The van der Waals surface area contributed by atoms with Crippen molar-refractivity contribution in [2.24, 2.45) is 0 Å². The summed E-state index contributed by atoms with van der Waals surface area (Å²) in [6.45, 7) is 3.40. The Morgan fingerprint density at radius 2 is 2.16 bits per heavy atom. The predicted octanol–water partition coefficient (Wildman–Crippen LogP) is 0.618. The van der Waals surface area contributed by atoms with Gasteiger partial charge in [-0.25, -0.2) is 8.42 Å². The third-order valence-electron chi connectivity index (χ3n) is 3.21. The second-order valence-electron chi connectivity index (χ2n) is 4.45. The van der Waals surface area contributed by atoms with Crippen LogP contribution in [0.1, 0.15) is 24.3 Å². The summed E-state index contributed by atoms with van der Waals surface area (Å²) < 4.78 is 35.9. The Bertz CT molecular complexity index is 573. The molecule has 0 radical (unpaired) electrons. The van der Waals surface area contributed by atoms with Gasteiger partial charge in [0.15, 0.2) is 5.76 Å². The number of ether oxygens (including phenoxy) is 1. The van der Waals surface area contributed by atoms with E-state index in [0.717, 1.165) is 0 Å².